The van der Waals surface area contributed by atoms with Gasteiger partial charge in [-0.3, -0.25) is 0 Å². The maximum Gasteiger partial charge on any atom is 0 e. The molecule has 2 rings (SSSR count). The van der Waals surface area contributed by atoms with Crippen LogP contribution in [-0.4, -0.2) is 0 Å². The van der Waals surface area contributed by atoms with Crippen molar-refractivity contribution in [1.29, 1.82) is 0 Å². The smallest absolute Gasteiger partial charge is 0 e. The van der Waals surface area contributed by atoms with Crippen LogP contribution >= 0.6 is 0 Å². The van der Waals surface area contributed by atoms with E-state index in [4.69, 9.17) is 0 Å². The van der Waals surface area contributed by atoms with Crippen LogP contribution in [0.2, 0.25) is 0 Å². The number of hydrogen-bond acceptors (Lipinski definition) is 0. The summed E-state index contributed by atoms with van der Waals surface area (Å²) >= 11 is 0. The van der Waals surface area contributed by atoms with E-state index >= 15 is 0 Å². The van der Waals surface area contributed by atoms with Crippen molar-refractivity contribution in [2.75, 3.05) is 0 Å². The van der Waals surface area contributed by atoms with Gasteiger partial charge in [-0.05, 0) is 48.3 Å². The minimum absolute atomic E-state index is 0. The third-order valence-corrected chi connectivity index (χ3v) is 5.16. The fourth-order valence-electron chi connectivity index (χ4n) is 3.58. The van der Waals surface area contributed by atoms with Gasteiger partial charge in [0.05, 0.1) is 0 Å². The van der Waals surface area contributed by atoms with Gasteiger partial charge in [-0.15, -0.1) is 0 Å². The zero-order chi connectivity index (χ0) is 13.8. The van der Waals surface area contributed by atoms with Crippen molar-refractivity contribution in [3.63, 3.8) is 0 Å². The van der Waals surface area contributed by atoms with Crippen LogP contribution in [0.1, 0.15) is 92.9 Å². The zero-order valence-electron chi connectivity index (χ0n) is 16.3. The van der Waals surface area contributed by atoms with Crippen LogP contribution < -0.4 is 0 Å². The summed E-state index contributed by atoms with van der Waals surface area (Å²) in [5, 5.41) is 0. The Kier molecular flexibility index (Phi) is 14.5. The van der Waals surface area contributed by atoms with Crippen molar-refractivity contribution in [2.45, 2.75) is 92.9 Å². The first kappa shape index (κ1) is 26.8. The second-order valence-electron chi connectivity index (χ2n) is 8.69. The first-order valence-corrected chi connectivity index (χ1v) is 8.21. The van der Waals surface area contributed by atoms with E-state index in [-0.39, 0.29) is 40.7 Å². The van der Waals surface area contributed by atoms with E-state index in [1.807, 2.05) is 0 Å². The number of rotatable bonds is 0. The maximum absolute atomic E-state index is 2.36. The van der Waals surface area contributed by atoms with Gasteiger partial charge in [-0.1, -0.05) is 67.2 Å². The van der Waals surface area contributed by atoms with E-state index in [1.54, 1.807) is 0 Å². The molecule has 1 heteroatoms. The first-order valence-electron chi connectivity index (χ1n) is 8.21. The Labute approximate surface area is 156 Å². The summed E-state index contributed by atoms with van der Waals surface area (Å²) in [5.41, 5.74) is 1.16. The Bertz CT molecular complexity index is 193. The van der Waals surface area contributed by atoms with E-state index < -0.39 is 0 Å². The molecule has 0 saturated heterocycles. The van der Waals surface area contributed by atoms with Gasteiger partial charge in [0.1, 0.15) is 0 Å². The Hall–Kier alpha value is 0.870. The Morgan fingerprint density at radius 2 is 0.714 bits per heavy atom. The Morgan fingerprint density at radius 3 is 0.810 bits per heavy atom. The minimum Gasteiger partial charge on any atom is -0.358 e. The Morgan fingerprint density at radius 1 is 0.524 bits per heavy atom. The molecule has 0 aromatic carbocycles. The van der Waals surface area contributed by atoms with E-state index in [0.717, 1.165) is 11.8 Å². The summed E-state index contributed by atoms with van der Waals surface area (Å²) in [5.74, 6) is 2.02. The van der Waals surface area contributed by atoms with Gasteiger partial charge in [-0.25, -0.2) is 0 Å². The first-order chi connectivity index (χ1) is 8.21. The molecular weight excluding hydrogens is 419 g/mol. The molecule has 0 radical (unpaired) electrons. The van der Waals surface area contributed by atoms with Crippen molar-refractivity contribution in [3.05, 3.63) is 14.9 Å². The van der Waals surface area contributed by atoms with E-state index in [1.165, 1.54) is 51.4 Å². The van der Waals surface area contributed by atoms with Crippen molar-refractivity contribution in [1.82, 2.24) is 0 Å². The fourth-order valence-corrected chi connectivity index (χ4v) is 3.58. The molecule has 128 valence electrons. The summed E-state index contributed by atoms with van der Waals surface area (Å²) in [7, 11) is 0. The van der Waals surface area contributed by atoms with Crippen LogP contribution in [0.15, 0.2) is 0 Å². The molecule has 0 atom stereocenters. The molecule has 0 spiro atoms. The predicted octanol–water partition coefficient (Wildman–Crippen LogP) is 7.34. The molecule has 0 bridgehead atoms. The molecule has 2 aliphatic rings. The topological polar surface area (TPSA) is 0 Å². The zero-order valence-corrected chi connectivity index (χ0v) is 19.9. The van der Waals surface area contributed by atoms with Crippen molar-refractivity contribution in [3.8, 4) is 0 Å². The number of hydrogen-bond donors (Lipinski definition) is 0. The minimum atomic E-state index is 0. The summed E-state index contributed by atoms with van der Waals surface area (Å²) in [4.78, 5) is 0. The molecule has 2 fully saturated rings. The average Bonchev–Trinajstić information content (AvgIpc) is 2.91. The molecule has 2 saturated carbocycles. The monoisotopic (exact) mass is 462 g/mol. The van der Waals surface area contributed by atoms with Gasteiger partial charge in [0.25, 0.3) is 0 Å². The fraction of sp³-hybridized carbons (Fsp3) is 0.900. The third-order valence-electron chi connectivity index (χ3n) is 5.16. The largest absolute Gasteiger partial charge is 0.358 e. The molecule has 0 nitrogen and oxygen atoms in total. The normalized spacial score (nSPS) is 19.7. The van der Waals surface area contributed by atoms with Gasteiger partial charge >= 0.3 is 0 Å². The van der Waals surface area contributed by atoms with Gasteiger partial charge < -0.3 is 14.9 Å². The van der Waals surface area contributed by atoms with Gasteiger partial charge in [0.2, 0.25) is 0 Å². The molecule has 0 N–H and O–H groups in total. The van der Waals surface area contributed by atoms with E-state index in [2.05, 4.69) is 41.5 Å². The van der Waals surface area contributed by atoms with Crippen molar-refractivity contribution in [2.24, 2.45) is 22.7 Å². The molecule has 0 amide bonds. The summed E-state index contributed by atoms with van der Waals surface area (Å²) < 4.78 is 0. The van der Waals surface area contributed by atoms with Crippen LogP contribution in [0.3, 0.4) is 0 Å². The van der Waals surface area contributed by atoms with Crippen LogP contribution in [0.5, 0.6) is 0 Å². The van der Waals surface area contributed by atoms with Crippen LogP contribution in [0.25, 0.3) is 0 Å². The molecule has 0 aromatic rings. The maximum atomic E-state index is 2.36. The standard InChI is InChI=1S/2C9H18.2CH3.Hf/c2*1-9(2,3)8-6-4-5-7-8;;;/h2*8H,4-7H2,1-3H3;2*1H3;/q;;2*-1;. The predicted molar refractivity (Wildman–Crippen MR) is 95.7 cm³/mol. The third kappa shape index (κ3) is 10.3. The van der Waals surface area contributed by atoms with Gasteiger partial charge in [-0.2, -0.15) is 0 Å². The van der Waals surface area contributed by atoms with Crippen LogP contribution in [0, 0.1) is 37.5 Å². The summed E-state index contributed by atoms with van der Waals surface area (Å²) in [6.45, 7) is 14.2. The molecule has 0 unspecified atom stereocenters. The molecule has 21 heavy (non-hydrogen) atoms. The second-order valence-corrected chi connectivity index (χ2v) is 8.69. The van der Waals surface area contributed by atoms with Gasteiger partial charge in [0.15, 0.2) is 0 Å². The van der Waals surface area contributed by atoms with Crippen molar-refractivity contribution < 1.29 is 25.8 Å². The van der Waals surface area contributed by atoms with Crippen LogP contribution in [-0.2, 0) is 25.8 Å². The van der Waals surface area contributed by atoms with Crippen molar-refractivity contribution >= 4 is 0 Å². The second kappa shape index (κ2) is 11.4. The SMILES string of the molecule is CC(C)(C)C1CCCC1.CC(C)(C)C1CCCC1.[CH3-].[CH3-].[Hf]. The molecule has 0 aliphatic heterocycles. The quantitative estimate of drug-likeness (QED) is 0.262. The van der Waals surface area contributed by atoms with Gasteiger partial charge in [0, 0.05) is 25.8 Å². The van der Waals surface area contributed by atoms with E-state index in [0.29, 0.717) is 10.8 Å². The summed E-state index contributed by atoms with van der Waals surface area (Å²) in [6, 6.07) is 0. The van der Waals surface area contributed by atoms with E-state index in [9.17, 15) is 0 Å². The summed E-state index contributed by atoms with van der Waals surface area (Å²) in [6.07, 6.45) is 11.8. The molecular formula is C20H42Hf-2. The average molecular weight is 461 g/mol. The molecule has 2 aliphatic carbocycles. The van der Waals surface area contributed by atoms with Crippen LogP contribution in [0.4, 0.5) is 0 Å². The molecule has 0 aromatic heterocycles. The Balaban J connectivity index is -0.000000270. The molecule has 0 heterocycles.